The van der Waals surface area contributed by atoms with Crippen molar-refractivity contribution >= 4 is 51.9 Å². The van der Waals surface area contributed by atoms with Gasteiger partial charge in [0.05, 0.1) is 5.52 Å². The van der Waals surface area contributed by atoms with Crippen LogP contribution in [0, 0.1) is 27.7 Å². The Morgan fingerprint density at radius 3 is 2.47 bits per heavy atom. The number of nitrogens with one attached hydrogen (secondary N) is 3. The Labute approximate surface area is 190 Å². The molecule has 2 aromatic heterocycles. The quantitative estimate of drug-likeness (QED) is 0.318. The zero-order valence-electron chi connectivity index (χ0n) is 18.3. The molecule has 7 nitrogen and oxygen atoms in total. The van der Waals surface area contributed by atoms with Gasteiger partial charge < -0.3 is 15.1 Å². The molecular formula is C24H24ClN5O2. The van der Waals surface area contributed by atoms with E-state index < -0.39 is 5.76 Å². The molecular weight excluding hydrogens is 426 g/mol. The zero-order chi connectivity index (χ0) is 22.8. The first-order valence-corrected chi connectivity index (χ1v) is 10.7. The molecule has 0 atom stereocenters. The van der Waals surface area contributed by atoms with Gasteiger partial charge in [0.1, 0.15) is 5.82 Å². The van der Waals surface area contributed by atoms with Crippen molar-refractivity contribution < 1.29 is 4.42 Å². The van der Waals surface area contributed by atoms with E-state index in [1.54, 1.807) is 18.3 Å². The minimum atomic E-state index is -0.508. The van der Waals surface area contributed by atoms with Gasteiger partial charge in [-0.15, -0.1) is 11.6 Å². The van der Waals surface area contributed by atoms with Crippen LogP contribution < -0.4 is 16.4 Å². The highest BCUT2D eigenvalue weighted by molar-refractivity contribution is 6.19. The molecule has 0 unspecified atom stereocenters. The van der Waals surface area contributed by atoms with E-state index in [-0.39, 0.29) is 0 Å². The Balaban J connectivity index is 1.67. The number of aryl methyl sites for hydroxylation is 3. The van der Waals surface area contributed by atoms with E-state index >= 15 is 0 Å². The summed E-state index contributed by atoms with van der Waals surface area (Å²) in [5.41, 5.74) is 8.05. The number of alkyl halides is 1. The number of anilines is 4. The zero-order valence-corrected chi connectivity index (χ0v) is 19.1. The van der Waals surface area contributed by atoms with Crippen LogP contribution in [0.1, 0.15) is 27.8 Å². The summed E-state index contributed by atoms with van der Waals surface area (Å²) in [6, 6.07) is 7.84. The highest BCUT2D eigenvalue weighted by atomic mass is 35.5. The first kappa shape index (κ1) is 21.6. The second-order valence-electron chi connectivity index (χ2n) is 7.72. The summed E-state index contributed by atoms with van der Waals surface area (Å²) in [6.45, 7) is 8.21. The highest BCUT2D eigenvalue weighted by Gasteiger charge is 2.11. The number of hydrogen-bond donors (Lipinski definition) is 3. The summed E-state index contributed by atoms with van der Waals surface area (Å²) in [4.78, 5) is 23.5. The van der Waals surface area contributed by atoms with Gasteiger partial charge in [0, 0.05) is 34.6 Å². The molecule has 0 radical (unpaired) electrons. The van der Waals surface area contributed by atoms with Crippen molar-refractivity contribution in [2.45, 2.75) is 27.7 Å². The van der Waals surface area contributed by atoms with Gasteiger partial charge in [-0.25, -0.2) is 9.78 Å². The third-order valence-corrected chi connectivity index (χ3v) is 5.53. The van der Waals surface area contributed by atoms with Crippen molar-refractivity contribution in [2.75, 3.05) is 16.5 Å². The number of aromatic amines is 1. The topological polar surface area (TPSA) is 95.8 Å². The normalized spacial score (nSPS) is 11.4. The number of hydrogen-bond acceptors (Lipinski definition) is 6. The number of halogens is 1. The second-order valence-corrected chi connectivity index (χ2v) is 8.03. The van der Waals surface area contributed by atoms with Gasteiger partial charge in [0.15, 0.2) is 5.58 Å². The summed E-state index contributed by atoms with van der Waals surface area (Å²) in [6.07, 6.45) is 5.37. The molecule has 8 heteroatoms. The van der Waals surface area contributed by atoms with Crippen LogP contribution >= 0.6 is 11.6 Å². The maximum atomic E-state index is 11.7. The van der Waals surface area contributed by atoms with Gasteiger partial charge in [-0.3, -0.25) is 4.98 Å². The Kier molecular flexibility index (Phi) is 6.01. The fourth-order valence-corrected chi connectivity index (χ4v) is 3.55. The second kappa shape index (κ2) is 8.88. The van der Waals surface area contributed by atoms with Gasteiger partial charge in [-0.05, 0) is 68.7 Å². The molecule has 4 rings (SSSR count). The Hall–Kier alpha value is -3.58. The van der Waals surface area contributed by atoms with Gasteiger partial charge in [-0.1, -0.05) is 12.2 Å². The molecule has 0 aliphatic rings. The summed E-state index contributed by atoms with van der Waals surface area (Å²) in [7, 11) is 0. The largest absolute Gasteiger partial charge is 0.417 e. The van der Waals surface area contributed by atoms with Gasteiger partial charge >= 0.3 is 5.76 Å². The van der Waals surface area contributed by atoms with Gasteiger partial charge in [0.2, 0.25) is 5.95 Å². The van der Waals surface area contributed by atoms with E-state index in [2.05, 4.69) is 58.5 Å². The molecule has 164 valence electrons. The van der Waals surface area contributed by atoms with E-state index in [0.29, 0.717) is 28.7 Å². The molecule has 0 saturated heterocycles. The molecule has 2 aromatic carbocycles. The van der Waals surface area contributed by atoms with Crippen molar-refractivity contribution in [1.29, 1.82) is 0 Å². The maximum Gasteiger partial charge on any atom is 0.417 e. The number of benzene rings is 2. The number of rotatable bonds is 6. The van der Waals surface area contributed by atoms with E-state index in [9.17, 15) is 4.79 Å². The average molecular weight is 450 g/mol. The van der Waals surface area contributed by atoms with Crippen LogP contribution in [0.15, 0.2) is 45.8 Å². The van der Waals surface area contributed by atoms with Crippen molar-refractivity contribution in [3.63, 3.8) is 0 Å². The Morgan fingerprint density at radius 1 is 1.03 bits per heavy atom. The van der Waals surface area contributed by atoms with Crippen LogP contribution in [0.25, 0.3) is 17.2 Å². The SMILES string of the molecule is Cc1cnc(Nc2cc(C)c(C)c(C)c2)nc1Nc1cc(/C=C/CCl)c2oc(=O)[nH]c2c1. The molecule has 2 heterocycles. The lowest BCUT2D eigenvalue weighted by molar-refractivity contribution is 0.555. The number of H-pyrrole nitrogens is 1. The summed E-state index contributed by atoms with van der Waals surface area (Å²) >= 11 is 5.78. The summed E-state index contributed by atoms with van der Waals surface area (Å²) in [5.74, 6) is 0.985. The lowest BCUT2D eigenvalue weighted by Crippen LogP contribution is -2.03. The van der Waals surface area contributed by atoms with Crippen molar-refractivity contribution in [1.82, 2.24) is 15.0 Å². The number of allylic oxidation sites excluding steroid dienone is 1. The molecule has 4 aromatic rings. The number of fused-ring (bicyclic) bond motifs is 1. The number of aromatic nitrogens is 3. The van der Waals surface area contributed by atoms with E-state index in [4.69, 9.17) is 16.0 Å². The van der Waals surface area contributed by atoms with Crippen molar-refractivity contribution in [3.05, 3.63) is 74.9 Å². The van der Waals surface area contributed by atoms with Crippen molar-refractivity contribution in [2.24, 2.45) is 0 Å². The van der Waals surface area contributed by atoms with Crippen LogP contribution in [0.2, 0.25) is 0 Å². The molecule has 0 spiro atoms. The van der Waals surface area contributed by atoms with Gasteiger partial charge in [0.25, 0.3) is 0 Å². The molecule has 0 saturated carbocycles. The minimum absolute atomic E-state index is 0.353. The first-order chi connectivity index (χ1) is 15.3. The summed E-state index contributed by atoms with van der Waals surface area (Å²) < 4.78 is 5.27. The van der Waals surface area contributed by atoms with E-state index in [1.807, 2.05) is 19.1 Å². The third kappa shape index (κ3) is 4.53. The smallest absolute Gasteiger partial charge is 0.407 e. The number of oxazole rings is 1. The molecule has 0 fully saturated rings. The van der Waals surface area contributed by atoms with E-state index in [0.717, 1.165) is 22.5 Å². The van der Waals surface area contributed by atoms with Crippen LogP contribution in [0.3, 0.4) is 0 Å². The molecule has 0 bridgehead atoms. The number of nitrogens with zero attached hydrogens (tertiary/aromatic N) is 2. The summed E-state index contributed by atoms with van der Waals surface area (Å²) in [5, 5.41) is 6.61. The van der Waals surface area contributed by atoms with Crippen LogP contribution in [-0.2, 0) is 0 Å². The minimum Gasteiger partial charge on any atom is -0.407 e. The fraction of sp³-hybridized carbons (Fsp3) is 0.208. The lowest BCUT2D eigenvalue weighted by atomic mass is 10.0. The lowest BCUT2D eigenvalue weighted by Gasteiger charge is -2.13. The predicted octanol–water partition coefficient (Wildman–Crippen LogP) is 5.88. The van der Waals surface area contributed by atoms with Crippen LogP contribution in [-0.4, -0.2) is 20.8 Å². The predicted molar refractivity (Wildman–Crippen MR) is 131 cm³/mol. The first-order valence-electron chi connectivity index (χ1n) is 10.2. The molecule has 0 amide bonds. The van der Waals surface area contributed by atoms with Crippen LogP contribution in [0.4, 0.5) is 23.1 Å². The molecule has 0 aliphatic carbocycles. The molecule has 32 heavy (non-hydrogen) atoms. The molecule has 3 N–H and O–H groups in total. The van der Waals surface area contributed by atoms with Crippen LogP contribution in [0.5, 0.6) is 0 Å². The van der Waals surface area contributed by atoms with Crippen molar-refractivity contribution in [3.8, 4) is 0 Å². The standard InChI is InChI=1S/C24H24ClN5O2/c1-13-8-18(9-14(2)16(13)4)28-23-26-12-15(3)22(30-23)27-19-10-17(6-5-7-25)21-20(11-19)29-24(31)32-21/h5-6,8-12H,7H2,1-4H3,(H,29,31)(H2,26,27,28,30)/b6-5+. The monoisotopic (exact) mass is 449 g/mol. The Morgan fingerprint density at radius 2 is 1.75 bits per heavy atom. The Bertz CT molecular complexity index is 1360. The fourth-order valence-electron chi connectivity index (χ4n) is 3.46. The molecule has 0 aliphatic heterocycles. The van der Waals surface area contributed by atoms with Gasteiger partial charge in [-0.2, -0.15) is 4.98 Å². The average Bonchev–Trinajstić information content (AvgIpc) is 3.13. The maximum absolute atomic E-state index is 11.7. The van der Waals surface area contributed by atoms with E-state index in [1.165, 1.54) is 16.7 Å². The highest BCUT2D eigenvalue weighted by Crippen LogP contribution is 2.27. The third-order valence-electron chi connectivity index (χ3n) is 5.35.